The zero-order valence-corrected chi connectivity index (χ0v) is 9.44. The van der Waals surface area contributed by atoms with E-state index >= 15 is 0 Å². The van der Waals surface area contributed by atoms with Gasteiger partial charge in [-0.3, -0.25) is 4.79 Å². The number of halogens is 2. The molecular weight excluding hydrogens is 244 g/mol. The predicted octanol–water partition coefficient (Wildman–Crippen LogP) is 2.49. The molecule has 1 rings (SSSR count). The summed E-state index contributed by atoms with van der Waals surface area (Å²) < 4.78 is 30.2. The van der Waals surface area contributed by atoms with Gasteiger partial charge < -0.3 is 4.74 Å². The largest absolute Gasteiger partial charge is 0.462 e. The van der Waals surface area contributed by atoms with Crippen LogP contribution in [0.3, 0.4) is 0 Å². The van der Waals surface area contributed by atoms with E-state index in [0.717, 1.165) is 12.1 Å². The van der Waals surface area contributed by atoms with Crippen molar-refractivity contribution in [1.29, 1.82) is 5.26 Å². The molecule has 0 unspecified atom stereocenters. The van der Waals surface area contributed by atoms with Gasteiger partial charge in [0.15, 0.2) is 6.29 Å². The minimum absolute atomic E-state index is 0.0257. The van der Waals surface area contributed by atoms with Crippen LogP contribution in [0.2, 0.25) is 0 Å². The zero-order chi connectivity index (χ0) is 13.7. The fraction of sp³-hybridized carbons (Fsp3) is 0.250. The summed E-state index contributed by atoms with van der Waals surface area (Å²) in [6.07, 6.45) is -2.60. The second kappa shape index (κ2) is 5.87. The molecule has 0 N–H and O–H groups in total. The second-order valence-electron chi connectivity index (χ2n) is 3.28. The molecule has 0 spiro atoms. The quantitative estimate of drug-likeness (QED) is 0.610. The Morgan fingerprint density at radius 1 is 1.56 bits per heavy atom. The molecule has 6 heteroatoms. The molecule has 0 heterocycles. The number of rotatable bonds is 4. The van der Waals surface area contributed by atoms with Crippen LogP contribution in [0.5, 0.6) is 0 Å². The summed E-state index contributed by atoms with van der Waals surface area (Å²) in [6.45, 7) is 1.56. The van der Waals surface area contributed by atoms with Gasteiger partial charge in [-0.2, -0.15) is 5.26 Å². The summed E-state index contributed by atoms with van der Waals surface area (Å²) in [4.78, 5) is 22.2. The van der Waals surface area contributed by atoms with E-state index in [-0.39, 0.29) is 17.7 Å². The summed E-state index contributed by atoms with van der Waals surface area (Å²) in [5.74, 6) is -0.944. The fourth-order valence-corrected chi connectivity index (χ4v) is 1.39. The minimum Gasteiger partial charge on any atom is -0.462 e. The summed E-state index contributed by atoms with van der Waals surface area (Å²) in [5.41, 5.74) is -1.33. The third-order valence-electron chi connectivity index (χ3n) is 2.20. The molecule has 18 heavy (non-hydrogen) atoms. The van der Waals surface area contributed by atoms with E-state index in [2.05, 4.69) is 4.74 Å². The fourth-order valence-electron chi connectivity index (χ4n) is 1.39. The monoisotopic (exact) mass is 253 g/mol. The number of nitrogens with zero attached hydrogens (tertiary/aromatic N) is 1. The molecule has 0 bridgehead atoms. The molecule has 1 aromatic carbocycles. The Balaban J connectivity index is 3.43. The van der Waals surface area contributed by atoms with Crippen molar-refractivity contribution in [2.45, 2.75) is 13.3 Å². The van der Waals surface area contributed by atoms with Crippen LogP contribution in [0.25, 0.3) is 0 Å². The van der Waals surface area contributed by atoms with Crippen molar-refractivity contribution in [3.63, 3.8) is 0 Å². The summed E-state index contributed by atoms with van der Waals surface area (Å²) in [5, 5.41) is 8.72. The number of esters is 1. The molecule has 0 radical (unpaired) electrons. The Hall–Kier alpha value is -2.29. The lowest BCUT2D eigenvalue weighted by atomic mass is 9.99. The summed E-state index contributed by atoms with van der Waals surface area (Å²) in [6, 6.07) is 3.41. The lowest BCUT2D eigenvalue weighted by Crippen LogP contribution is -2.10. The van der Waals surface area contributed by atoms with Gasteiger partial charge in [-0.25, -0.2) is 13.6 Å². The van der Waals surface area contributed by atoms with E-state index in [1.807, 2.05) is 0 Å². The number of ether oxygens (including phenoxy) is 1. The molecular formula is C12H9F2NO3. The maximum Gasteiger partial charge on any atom is 0.338 e. The van der Waals surface area contributed by atoms with Crippen LogP contribution in [0.4, 0.5) is 8.78 Å². The lowest BCUT2D eigenvalue weighted by Gasteiger charge is -2.09. The van der Waals surface area contributed by atoms with Crippen molar-refractivity contribution in [3.05, 3.63) is 34.4 Å². The average Bonchev–Trinajstić information content (AvgIpc) is 2.37. The van der Waals surface area contributed by atoms with Crippen molar-refractivity contribution in [3.8, 4) is 6.07 Å². The van der Waals surface area contributed by atoms with Crippen molar-refractivity contribution < 1.29 is 23.1 Å². The second-order valence-corrected chi connectivity index (χ2v) is 3.28. The molecule has 94 valence electrons. The van der Waals surface area contributed by atoms with E-state index in [1.54, 1.807) is 6.07 Å². The summed E-state index contributed by atoms with van der Waals surface area (Å²) in [7, 11) is 0. The number of carbonyl (C=O) groups excluding carboxylic acids is 2. The first-order chi connectivity index (χ1) is 8.54. The maximum absolute atomic E-state index is 12.8. The third-order valence-corrected chi connectivity index (χ3v) is 2.20. The molecule has 0 saturated carbocycles. The molecule has 0 fully saturated rings. The van der Waals surface area contributed by atoms with Gasteiger partial charge in [0.2, 0.25) is 0 Å². The number of nitriles is 1. The molecule has 0 aliphatic heterocycles. The van der Waals surface area contributed by atoms with Crippen molar-refractivity contribution >= 4 is 12.3 Å². The minimum atomic E-state index is -2.93. The number of hydrogen-bond acceptors (Lipinski definition) is 4. The Bertz CT molecular complexity index is 521. The van der Waals surface area contributed by atoms with Gasteiger partial charge in [0, 0.05) is 11.1 Å². The van der Waals surface area contributed by atoms with E-state index in [1.165, 1.54) is 6.92 Å². The highest BCUT2D eigenvalue weighted by Crippen LogP contribution is 2.26. The molecule has 0 aromatic heterocycles. The lowest BCUT2D eigenvalue weighted by molar-refractivity contribution is 0.0515. The van der Waals surface area contributed by atoms with Gasteiger partial charge in [0.05, 0.1) is 23.8 Å². The molecule has 0 aliphatic carbocycles. The van der Waals surface area contributed by atoms with E-state index in [4.69, 9.17) is 5.26 Å². The van der Waals surface area contributed by atoms with Crippen LogP contribution in [0.15, 0.2) is 12.1 Å². The predicted molar refractivity (Wildman–Crippen MR) is 57.5 cm³/mol. The number of alkyl halides is 2. The van der Waals surface area contributed by atoms with Gasteiger partial charge in [0.1, 0.15) is 0 Å². The standard InChI is InChI=1S/C12H9F2NO3/c1-2-18-12(17)10-4-8(6-16)7(5-15)3-9(10)11(13)14/h3-4,6,11H,2H2,1H3. The highest BCUT2D eigenvalue weighted by molar-refractivity contribution is 5.94. The van der Waals surface area contributed by atoms with Gasteiger partial charge in [0.25, 0.3) is 6.43 Å². The highest BCUT2D eigenvalue weighted by Gasteiger charge is 2.22. The van der Waals surface area contributed by atoms with Crippen molar-refractivity contribution in [1.82, 2.24) is 0 Å². The van der Waals surface area contributed by atoms with E-state index in [0.29, 0.717) is 6.29 Å². The number of carbonyl (C=O) groups is 2. The van der Waals surface area contributed by atoms with Crippen molar-refractivity contribution in [2.75, 3.05) is 6.61 Å². The van der Waals surface area contributed by atoms with Gasteiger partial charge >= 0.3 is 5.97 Å². The Morgan fingerprint density at radius 2 is 2.22 bits per heavy atom. The molecule has 1 aromatic rings. The first-order valence-electron chi connectivity index (χ1n) is 5.03. The first kappa shape index (κ1) is 13.8. The average molecular weight is 253 g/mol. The molecule has 0 atom stereocenters. The Labute approximate surface area is 102 Å². The SMILES string of the molecule is CCOC(=O)c1cc(C=O)c(C#N)cc1C(F)F. The summed E-state index contributed by atoms with van der Waals surface area (Å²) >= 11 is 0. The van der Waals surface area contributed by atoms with Crippen LogP contribution >= 0.6 is 0 Å². The van der Waals surface area contributed by atoms with Gasteiger partial charge in [-0.1, -0.05) is 0 Å². The number of hydrogen-bond donors (Lipinski definition) is 0. The number of benzene rings is 1. The Kier molecular flexibility index (Phi) is 4.49. The van der Waals surface area contributed by atoms with Crippen LogP contribution in [-0.2, 0) is 4.74 Å². The molecule has 0 saturated heterocycles. The van der Waals surface area contributed by atoms with Crippen LogP contribution in [-0.4, -0.2) is 18.9 Å². The van der Waals surface area contributed by atoms with E-state index in [9.17, 15) is 18.4 Å². The molecule has 4 nitrogen and oxygen atoms in total. The molecule has 0 aliphatic rings. The van der Waals surface area contributed by atoms with E-state index < -0.39 is 23.5 Å². The maximum atomic E-state index is 12.8. The third kappa shape index (κ3) is 2.69. The Morgan fingerprint density at radius 3 is 2.67 bits per heavy atom. The van der Waals surface area contributed by atoms with Crippen LogP contribution in [0, 0.1) is 11.3 Å². The van der Waals surface area contributed by atoms with Crippen LogP contribution in [0.1, 0.15) is 45.2 Å². The van der Waals surface area contributed by atoms with Crippen molar-refractivity contribution in [2.24, 2.45) is 0 Å². The van der Waals surface area contributed by atoms with Crippen LogP contribution < -0.4 is 0 Å². The smallest absolute Gasteiger partial charge is 0.338 e. The van der Waals surface area contributed by atoms with Gasteiger partial charge in [-0.15, -0.1) is 0 Å². The zero-order valence-electron chi connectivity index (χ0n) is 9.44. The normalized spacial score (nSPS) is 9.94. The molecule has 0 amide bonds. The first-order valence-corrected chi connectivity index (χ1v) is 5.03. The number of aldehydes is 1. The topological polar surface area (TPSA) is 67.2 Å². The highest BCUT2D eigenvalue weighted by atomic mass is 19.3. The van der Waals surface area contributed by atoms with Gasteiger partial charge in [-0.05, 0) is 19.1 Å².